The van der Waals surface area contributed by atoms with Crippen molar-refractivity contribution in [2.75, 3.05) is 6.54 Å². The van der Waals surface area contributed by atoms with Gasteiger partial charge in [0.05, 0.1) is 6.04 Å². The second-order valence-electron chi connectivity index (χ2n) is 5.42. The maximum atomic E-state index is 14.2. The van der Waals surface area contributed by atoms with Gasteiger partial charge in [-0.25, -0.2) is 4.39 Å². The number of hydrogen-bond donors (Lipinski definition) is 1. The van der Waals surface area contributed by atoms with E-state index in [0.29, 0.717) is 10.6 Å². The standard InChI is InChI=1S/C18H21ClFN/c1-4-9-21-18(14-7-6-13(3)16(19)11-14)15-10-12(2)5-8-17(15)20/h5-8,10-11,18,21H,4,9H2,1-3H3. The fourth-order valence-corrected chi connectivity index (χ4v) is 2.56. The third-order valence-corrected chi connectivity index (χ3v) is 4.00. The Morgan fingerprint density at radius 3 is 2.57 bits per heavy atom. The van der Waals surface area contributed by atoms with E-state index in [9.17, 15) is 4.39 Å². The molecular formula is C18H21ClFN. The SMILES string of the molecule is CCCNC(c1ccc(C)c(Cl)c1)c1cc(C)ccc1F. The minimum atomic E-state index is -0.189. The van der Waals surface area contributed by atoms with E-state index in [1.165, 1.54) is 6.07 Å². The van der Waals surface area contributed by atoms with Gasteiger partial charge in [0.1, 0.15) is 5.82 Å². The molecule has 2 aromatic rings. The van der Waals surface area contributed by atoms with E-state index >= 15 is 0 Å². The topological polar surface area (TPSA) is 12.0 Å². The van der Waals surface area contributed by atoms with Crippen LogP contribution in [0.15, 0.2) is 36.4 Å². The summed E-state index contributed by atoms with van der Waals surface area (Å²) in [7, 11) is 0. The van der Waals surface area contributed by atoms with Crippen LogP contribution in [-0.4, -0.2) is 6.54 Å². The van der Waals surface area contributed by atoms with Crippen molar-refractivity contribution in [1.29, 1.82) is 0 Å². The molecule has 0 saturated carbocycles. The Morgan fingerprint density at radius 2 is 1.90 bits per heavy atom. The lowest BCUT2D eigenvalue weighted by Crippen LogP contribution is -2.24. The van der Waals surface area contributed by atoms with Crippen molar-refractivity contribution in [3.63, 3.8) is 0 Å². The molecule has 0 radical (unpaired) electrons. The fourth-order valence-electron chi connectivity index (χ4n) is 2.37. The molecule has 0 amide bonds. The summed E-state index contributed by atoms with van der Waals surface area (Å²) in [6, 6.07) is 11.0. The van der Waals surface area contributed by atoms with Crippen LogP contribution in [0.1, 0.15) is 41.6 Å². The number of hydrogen-bond acceptors (Lipinski definition) is 1. The summed E-state index contributed by atoms with van der Waals surface area (Å²) in [4.78, 5) is 0. The minimum absolute atomic E-state index is 0.178. The van der Waals surface area contributed by atoms with Gasteiger partial charge in [-0.3, -0.25) is 0 Å². The van der Waals surface area contributed by atoms with Crippen LogP contribution in [-0.2, 0) is 0 Å². The normalized spacial score (nSPS) is 12.4. The van der Waals surface area contributed by atoms with Gasteiger partial charge in [-0.15, -0.1) is 0 Å². The van der Waals surface area contributed by atoms with E-state index in [2.05, 4.69) is 12.2 Å². The number of rotatable bonds is 5. The monoisotopic (exact) mass is 305 g/mol. The summed E-state index contributed by atoms with van der Waals surface area (Å²) in [6.07, 6.45) is 0.990. The average molecular weight is 306 g/mol. The molecule has 0 aliphatic rings. The van der Waals surface area contributed by atoms with Gasteiger partial charge in [-0.2, -0.15) is 0 Å². The molecule has 0 heterocycles. The molecule has 2 aromatic carbocycles. The average Bonchev–Trinajstić information content (AvgIpc) is 2.46. The van der Waals surface area contributed by atoms with Gasteiger partial charge < -0.3 is 5.32 Å². The van der Waals surface area contributed by atoms with Crippen LogP contribution in [0, 0.1) is 19.7 Å². The predicted octanol–water partition coefficient (Wildman–Crippen LogP) is 5.18. The quantitative estimate of drug-likeness (QED) is 0.802. The first kappa shape index (κ1) is 16.0. The van der Waals surface area contributed by atoms with Gasteiger partial charge in [0.2, 0.25) is 0 Å². The molecule has 112 valence electrons. The van der Waals surface area contributed by atoms with Gasteiger partial charge >= 0.3 is 0 Å². The van der Waals surface area contributed by atoms with E-state index in [4.69, 9.17) is 11.6 Å². The van der Waals surface area contributed by atoms with E-state index in [-0.39, 0.29) is 11.9 Å². The van der Waals surface area contributed by atoms with E-state index in [1.807, 2.05) is 38.1 Å². The lowest BCUT2D eigenvalue weighted by Gasteiger charge is -2.21. The molecule has 1 atom stereocenters. The van der Waals surface area contributed by atoms with Crippen LogP contribution in [0.5, 0.6) is 0 Å². The molecule has 0 aliphatic carbocycles. The highest BCUT2D eigenvalue weighted by Crippen LogP contribution is 2.28. The lowest BCUT2D eigenvalue weighted by molar-refractivity contribution is 0.546. The molecule has 0 bridgehead atoms. The summed E-state index contributed by atoms with van der Waals surface area (Å²) in [5.74, 6) is -0.189. The third-order valence-electron chi connectivity index (χ3n) is 3.59. The van der Waals surface area contributed by atoms with Crippen molar-refractivity contribution in [2.24, 2.45) is 0 Å². The zero-order chi connectivity index (χ0) is 15.4. The molecule has 2 rings (SSSR count). The van der Waals surface area contributed by atoms with Gasteiger partial charge in [0.15, 0.2) is 0 Å². The Balaban J connectivity index is 2.46. The van der Waals surface area contributed by atoms with Crippen molar-refractivity contribution in [3.05, 3.63) is 69.5 Å². The maximum Gasteiger partial charge on any atom is 0.128 e. The molecule has 1 unspecified atom stereocenters. The number of nitrogens with one attached hydrogen (secondary N) is 1. The van der Waals surface area contributed by atoms with Crippen LogP contribution in [0.2, 0.25) is 5.02 Å². The van der Waals surface area contributed by atoms with Crippen LogP contribution in [0.4, 0.5) is 4.39 Å². The van der Waals surface area contributed by atoms with E-state index < -0.39 is 0 Å². The molecule has 0 aliphatic heterocycles. The Labute approximate surface area is 131 Å². The molecular weight excluding hydrogens is 285 g/mol. The second kappa shape index (κ2) is 7.06. The van der Waals surface area contributed by atoms with Crippen LogP contribution >= 0.6 is 11.6 Å². The first-order valence-electron chi connectivity index (χ1n) is 7.28. The summed E-state index contributed by atoms with van der Waals surface area (Å²) >= 11 is 6.23. The minimum Gasteiger partial charge on any atom is -0.306 e. The van der Waals surface area contributed by atoms with Crippen molar-refractivity contribution >= 4 is 11.6 Å². The van der Waals surface area contributed by atoms with Crippen molar-refractivity contribution in [1.82, 2.24) is 5.32 Å². The highest BCUT2D eigenvalue weighted by molar-refractivity contribution is 6.31. The van der Waals surface area contributed by atoms with Crippen molar-refractivity contribution in [3.8, 4) is 0 Å². The Bertz CT molecular complexity index is 625. The van der Waals surface area contributed by atoms with Gasteiger partial charge in [0.25, 0.3) is 0 Å². The van der Waals surface area contributed by atoms with Gasteiger partial charge in [0, 0.05) is 10.6 Å². The summed E-state index contributed by atoms with van der Waals surface area (Å²) < 4.78 is 14.2. The van der Waals surface area contributed by atoms with E-state index in [1.54, 1.807) is 6.07 Å². The highest BCUT2D eigenvalue weighted by atomic mass is 35.5. The Kier molecular flexibility index (Phi) is 5.38. The molecule has 21 heavy (non-hydrogen) atoms. The van der Waals surface area contributed by atoms with Crippen LogP contribution < -0.4 is 5.32 Å². The van der Waals surface area contributed by atoms with E-state index in [0.717, 1.165) is 29.7 Å². The molecule has 0 saturated heterocycles. The van der Waals surface area contributed by atoms with Crippen LogP contribution in [0.25, 0.3) is 0 Å². The predicted molar refractivity (Wildman–Crippen MR) is 87.5 cm³/mol. The molecule has 3 heteroatoms. The molecule has 0 aromatic heterocycles. The number of halogens is 2. The maximum absolute atomic E-state index is 14.2. The fraction of sp³-hybridized carbons (Fsp3) is 0.333. The number of aryl methyl sites for hydroxylation is 2. The van der Waals surface area contributed by atoms with Crippen LogP contribution in [0.3, 0.4) is 0 Å². The zero-order valence-electron chi connectivity index (χ0n) is 12.7. The zero-order valence-corrected chi connectivity index (χ0v) is 13.5. The molecule has 1 nitrogen and oxygen atoms in total. The smallest absolute Gasteiger partial charge is 0.128 e. The first-order valence-corrected chi connectivity index (χ1v) is 7.66. The third kappa shape index (κ3) is 3.84. The van der Waals surface area contributed by atoms with Crippen molar-refractivity contribution in [2.45, 2.75) is 33.2 Å². The lowest BCUT2D eigenvalue weighted by atomic mass is 9.96. The number of benzene rings is 2. The van der Waals surface area contributed by atoms with Gasteiger partial charge in [-0.05, 0) is 50.1 Å². The highest BCUT2D eigenvalue weighted by Gasteiger charge is 2.18. The Morgan fingerprint density at radius 1 is 1.14 bits per heavy atom. The van der Waals surface area contributed by atoms with Gasteiger partial charge in [-0.1, -0.05) is 48.4 Å². The molecule has 1 N–H and O–H groups in total. The molecule has 0 spiro atoms. The van der Waals surface area contributed by atoms with Crippen molar-refractivity contribution < 1.29 is 4.39 Å². The Hall–Kier alpha value is -1.38. The summed E-state index contributed by atoms with van der Waals surface area (Å²) in [6.45, 7) is 6.86. The second-order valence-corrected chi connectivity index (χ2v) is 5.83. The first-order chi connectivity index (χ1) is 10.0. The summed E-state index contributed by atoms with van der Waals surface area (Å²) in [5.41, 5.74) is 3.74. The molecule has 0 fully saturated rings. The largest absolute Gasteiger partial charge is 0.306 e. The summed E-state index contributed by atoms with van der Waals surface area (Å²) in [5, 5.41) is 4.13.